The minimum absolute atomic E-state index is 0.196. The van der Waals surface area contributed by atoms with Crippen LogP contribution in [0.2, 0.25) is 0 Å². The standard InChI is InChI=1S/C18H20Br2FNO/c1-2-9-23-18-14(10-15(19)11-17(18)20)12-22-8-7-13-3-5-16(21)6-4-13/h3-6,10-11,22H,2,7-9,12H2,1H3. The molecule has 0 amide bonds. The van der Waals surface area contributed by atoms with Gasteiger partial charge < -0.3 is 10.1 Å². The molecular weight excluding hydrogens is 425 g/mol. The van der Waals surface area contributed by atoms with Gasteiger partial charge in [0.15, 0.2) is 0 Å². The van der Waals surface area contributed by atoms with Crippen LogP contribution in [0.4, 0.5) is 4.39 Å². The van der Waals surface area contributed by atoms with Crippen LogP contribution in [-0.4, -0.2) is 13.2 Å². The van der Waals surface area contributed by atoms with Crippen molar-refractivity contribution in [3.8, 4) is 5.75 Å². The van der Waals surface area contributed by atoms with Gasteiger partial charge in [0.2, 0.25) is 0 Å². The van der Waals surface area contributed by atoms with Crippen molar-refractivity contribution in [2.24, 2.45) is 0 Å². The number of ether oxygens (including phenoxy) is 1. The Morgan fingerprint density at radius 3 is 2.57 bits per heavy atom. The van der Waals surface area contributed by atoms with Crippen molar-refractivity contribution in [3.63, 3.8) is 0 Å². The summed E-state index contributed by atoms with van der Waals surface area (Å²) < 4.78 is 20.7. The van der Waals surface area contributed by atoms with Gasteiger partial charge in [0, 0.05) is 16.6 Å². The zero-order valence-electron chi connectivity index (χ0n) is 13.0. The van der Waals surface area contributed by atoms with Crippen molar-refractivity contribution >= 4 is 31.9 Å². The van der Waals surface area contributed by atoms with Crippen LogP contribution in [0.25, 0.3) is 0 Å². The van der Waals surface area contributed by atoms with Crippen LogP contribution in [0.1, 0.15) is 24.5 Å². The van der Waals surface area contributed by atoms with Crippen LogP contribution in [-0.2, 0) is 13.0 Å². The molecule has 5 heteroatoms. The summed E-state index contributed by atoms with van der Waals surface area (Å²) in [6.07, 6.45) is 1.83. The fraction of sp³-hybridized carbons (Fsp3) is 0.333. The van der Waals surface area contributed by atoms with Crippen LogP contribution < -0.4 is 10.1 Å². The Kier molecular flexibility index (Phi) is 7.53. The molecule has 1 N–H and O–H groups in total. The maximum absolute atomic E-state index is 12.9. The van der Waals surface area contributed by atoms with Crippen LogP contribution >= 0.6 is 31.9 Å². The van der Waals surface area contributed by atoms with Gasteiger partial charge in [-0.1, -0.05) is 35.0 Å². The van der Waals surface area contributed by atoms with E-state index in [4.69, 9.17) is 4.74 Å². The van der Waals surface area contributed by atoms with Crippen molar-refractivity contribution in [2.75, 3.05) is 13.2 Å². The van der Waals surface area contributed by atoms with E-state index < -0.39 is 0 Å². The van der Waals surface area contributed by atoms with Gasteiger partial charge >= 0.3 is 0 Å². The highest BCUT2D eigenvalue weighted by Gasteiger charge is 2.10. The van der Waals surface area contributed by atoms with Crippen LogP contribution in [0, 0.1) is 5.82 Å². The molecular formula is C18H20Br2FNO. The third-order valence-electron chi connectivity index (χ3n) is 3.35. The van der Waals surface area contributed by atoms with Crippen LogP contribution in [0.5, 0.6) is 5.75 Å². The zero-order valence-corrected chi connectivity index (χ0v) is 16.2. The predicted molar refractivity (Wildman–Crippen MR) is 99.4 cm³/mol. The second-order valence-electron chi connectivity index (χ2n) is 5.28. The minimum atomic E-state index is -0.196. The first kappa shape index (κ1) is 18.4. The molecule has 0 spiro atoms. The first-order chi connectivity index (χ1) is 11.1. The van der Waals surface area contributed by atoms with Gasteiger partial charge in [-0.3, -0.25) is 0 Å². The third-order valence-corrected chi connectivity index (χ3v) is 4.40. The summed E-state index contributed by atoms with van der Waals surface area (Å²) in [6, 6.07) is 10.7. The maximum Gasteiger partial charge on any atom is 0.138 e. The number of rotatable bonds is 8. The molecule has 2 aromatic rings. The Morgan fingerprint density at radius 1 is 1.13 bits per heavy atom. The van der Waals surface area contributed by atoms with Gasteiger partial charge in [0.05, 0.1) is 11.1 Å². The Hall–Kier alpha value is -0.910. The largest absolute Gasteiger partial charge is 0.492 e. The number of hydrogen-bond acceptors (Lipinski definition) is 2. The molecule has 0 aliphatic rings. The lowest BCUT2D eigenvalue weighted by Gasteiger charge is -2.14. The maximum atomic E-state index is 12.9. The highest BCUT2D eigenvalue weighted by Crippen LogP contribution is 2.33. The van der Waals surface area contributed by atoms with E-state index in [0.717, 1.165) is 51.8 Å². The van der Waals surface area contributed by atoms with Gasteiger partial charge in [-0.15, -0.1) is 0 Å². The molecule has 0 atom stereocenters. The number of hydrogen-bond donors (Lipinski definition) is 1. The highest BCUT2D eigenvalue weighted by molar-refractivity contribution is 9.11. The molecule has 0 saturated heterocycles. The zero-order chi connectivity index (χ0) is 16.7. The molecule has 23 heavy (non-hydrogen) atoms. The molecule has 0 aromatic heterocycles. The number of nitrogens with one attached hydrogen (secondary N) is 1. The second-order valence-corrected chi connectivity index (χ2v) is 7.05. The first-order valence-electron chi connectivity index (χ1n) is 7.66. The highest BCUT2D eigenvalue weighted by atomic mass is 79.9. The van der Waals surface area contributed by atoms with E-state index in [1.807, 2.05) is 18.2 Å². The quantitative estimate of drug-likeness (QED) is 0.545. The molecule has 0 bridgehead atoms. The van der Waals surface area contributed by atoms with E-state index >= 15 is 0 Å². The van der Waals surface area contributed by atoms with Crippen LogP contribution in [0.15, 0.2) is 45.3 Å². The summed E-state index contributed by atoms with van der Waals surface area (Å²) in [4.78, 5) is 0. The predicted octanol–water partition coefficient (Wildman–Crippen LogP) is 5.47. The molecule has 0 radical (unpaired) electrons. The fourth-order valence-corrected chi connectivity index (χ4v) is 3.65. The monoisotopic (exact) mass is 443 g/mol. The summed E-state index contributed by atoms with van der Waals surface area (Å²) in [5.41, 5.74) is 2.23. The van der Waals surface area contributed by atoms with E-state index in [1.54, 1.807) is 0 Å². The number of halogens is 3. The van der Waals surface area contributed by atoms with Crippen LogP contribution in [0.3, 0.4) is 0 Å². The lowest BCUT2D eigenvalue weighted by molar-refractivity contribution is 0.311. The molecule has 2 nitrogen and oxygen atoms in total. The Bertz CT molecular complexity index is 632. The van der Waals surface area contributed by atoms with Crippen molar-refractivity contribution in [2.45, 2.75) is 26.3 Å². The molecule has 124 valence electrons. The average molecular weight is 445 g/mol. The Morgan fingerprint density at radius 2 is 1.87 bits per heavy atom. The molecule has 0 aliphatic carbocycles. The minimum Gasteiger partial charge on any atom is -0.492 e. The smallest absolute Gasteiger partial charge is 0.138 e. The lowest BCUT2D eigenvalue weighted by Crippen LogP contribution is -2.17. The third kappa shape index (κ3) is 5.90. The van der Waals surface area contributed by atoms with Crippen molar-refractivity contribution < 1.29 is 9.13 Å². The topological polar surface area (TPSA) is 21.3 Å². The lowest BCUT2D eigenvalue weighted by atomic mass is 10.1. The molecule has 0 saturated carbocycles. The molecule has 2 rings (SSSR count). The summed E-state index contributed by atoms with van der Waals surface area (Å²) in [5.74, 6) is 0.697. The van der Waals surface area contributed by atoms with E-state index in [1.165, 1.54) is 12.1 Å². The van der Waals surface area contributed by atoms with Gasteiger partial charge in [-0.05, 0) is 65.1 Å². The van der Waals surface area contributed by atoms with Gasteiger partial charge in [0.1, 0.15) is 11.6 Å². The first-order valence-corrected chi connectivity index (χ1v) is 9.24. The van der Waals surface area contributed by atoms with E-state index in [0.29, 0.717) is 6.61 Å². The molecule has 0 unspecified atom stereocenters. The summed E-state index contributed by atoms with van der Waals surface area (Å²) in [5, 5.41) is 3.42. The summed E-state index contributed by atoms with van der Waals surface area (Å²) in [6.45, 7) is 4.33. The van der Waals surface area contributed by atoms with Gasteiger partial charge in [0.25, 0.3) is 0 Å². The SMILES string of the molecule is CCCOc1c(Br)cc(Br)cc1CNCCc1ccc(F)cc1. The molecule has 0 fully saturated rings. The van der Waals surface area contributed by atoms with Gasteiger partial charge in [-0.25, -0.2) is 4.39 Å². The molecule has 2 aromatic carbocycles. The summed E-state index contributed by atoms with van der Waals surface area (Å²) >= 11 is 7.08. The summed E-state index contributed by atoms with van der Waals surface area (Å²) in [7, 11) is 0. The number of benzene rings is 2. The van der Waals surface area contributed by atoms with E-state index in [2.05, 4.69) is 50.2 Å². The Balaban J connectivity index is 1.92. The van der Waals surface area contributed by atoms with Crippen molar-refractivity contribution in [3.05, 3.63) is 62.3 Å². The van der Waals surface area contributed by atoms with Crippen molar-refractivity contribution in [1.82, 2.24) is 5.32 Å². The normalized spacial score (nSPS) is 10.8. The van der Waals surface area contributed by atoms with E-state index in [-0.39, 0.29) is 5.82 Å². The average Bonchev–Trinajstić information content (AvgIpc) is 2.52. The Labute approximate surface area is 153 Å². The van der Waals surface area contributed by atoms with E-state index in [9.17, 15) is 4.39 Å². The fourth-order valence-electron chi connectivity index (χ4n) is 2.22. The second kappa shape index (κ2) is 9.40. The molecule has 0 aliphatic heterocycles. The van der Waals surface area contributed by atoms with Crippen molar-refractivity contribution in [1.29, 1.82) is 0 Å². The van der Waals surface area contributed by atoms with Gasteiger partial charge in [-0.2, -0.15) is 0 Å². The molecule has 0 heterocycles.